The Bertz CT molecular complexity index is 1770. The molecule has 1 unspecified atom stereocenters. The maximum absolute atomic E-state index is 13.7. The van der Waals surface area contributed by atoms with E-state index < -0.39 is 13.4 Å². The van der Waals surface area contributed by atoms with Gasteiger partial charge in [-0.05, 0) is 77.9 Å². The second-order valence-corrected chi connectivity index (χ2v) is 20.3. The van der Waals surface area contributed by atoms with Crippen molar-refractivity contribution in [1.82, 2.24) is 0 Å². The molecule has 2 aliphatic rings. The van der Waals surface area contributed by atoms with Crippen molar-refractivity contribution in [2.75, 3.05) is 13.7 Å². The zero-order valence-corrected chi connectivity index (χ0v) is 33.1. The lowest BCUT2D eigenvalue weighted by atomic mass is 9.87. The molecule has 3 aromatic carbocycles. The van der Waals surface area contributed by atoms with Crippen LogP contribution in [0.5, 0.6) is 0 Å². The highest BCUT2D eigenvalue weighted by molar-refractivity contribution is 7.19. The van der Waals surface area contributed by atoms with Crippen molar-refractivity contribution in [2.24, 2.45) is 11.8 Å². The van der Waals surface area contributed by atoms with Gasteiger partial charge in [-0.2, -0.15) is 0 Å². The van der Waals surface area contributed by atoms with Crippen LogP contribution in [0, 0.1) is 11.8 Å². The molecule has 1 N–H and O–H groups in total. The Hall–Kier alpha value is -3.66. The van der Waals surface area contributed by atoms with Crippen LogP contribution in [-0.4, -0.2) is 51.0 Å². The molecular formula is C45H54O6SSi. The lowest BCUT2D eigenvalue weighted by Crippen LogP contribution is -2.65. The van der Waals surface area contributed by atoms with E-state index in [1.165, 1.54) is 22.1 Å². The topological polar surface area (TPSA) is 82.1 Å². The molecule has 2 fully saturated rings. The second kappa shape index (κ2) is 18.1. The number of benzene rings is 3. The molecule has 53 heavy (non-hydrogen) atoms. The van der Waals surface area contributed by atoms with Gasteiger partial charge < -0.3 is 19.0 Å². The molecule has 6 nitrogen and oxygen atoms in total. The summed E-state index contributed by atoms with van der Waals surface area (Å²) in [6.45, 7) is 5.14. The van der Waals surface area contributed by atoms with Crippen LogP contribution in [0.15, 0.2) is 115 Å². The Labute approximate surface area is 320 Å². The smallest absolute Gasteiger partial charge is 0.305 e. The molecule has 0 bridgehead atoms. The molecule has 0 radical (unpaired) electrons. The summed E-state index contributed by atoms with van der Waals surface area (Å²) >= 11 is 1.81. The van der Waals surface area contributed by atoms with Gasteiger partial charge in [0.15, 0.2) is 6.29 Å². The highest BCUT2D eigenvalue weighted by atomic mass is 32.1. The molecule has 1 saturated heterocycles. The Balaban J connectivity index is 1.34. The Morgan fingerprint density at radius 1 is 1.00 bits per heavy atom. The molecule has 4 aromatic rings. The van der Waals surface area contributed by atoms with E-state index in [1.54, 1.807) is 11.3 Å². The van der Waals surface area contributed by atoms with E-state index in [2.05, 4.69) is 92.7 Å². The number of Topliss-reactive ketones (excluding diaryl/α,β-unsaturated/α-hetero) is 1. The van der Waals surface area contributed by atoms with E-state index in [1.807, 2.05) is 36.4 Å². The standard InChI is InChI=1S/C45H54O6SSi/c1-45(2,53(48,35-19-8-6-9-20-35)36-21-10-7-11-22-36)32-34(42-30-33-18-14-15-24-41(33)52-42)27-28-38-37(23-12-4-5-13-25-43(47)49-3)39(46)31-40(38)51-44-26-16-17-29-50-44/h4,6-12,14-15,18-22,24,27-28,30,34,37-38,40,44,48H,5,13,16-17,23,25-26,29,31-32H2,1-3H3/b12-4-,28-27+/t34-,37+,38+,40+,44?/m0/s1. The summed E-state index contributed by atoms with van der Waals surface area (Å²) < 4.78 is 18.6. The first-order valence-corrected chi connectivity index (χ1v) is 22.0. The molecule has 1 saturated carbocycles. The maximum atomic E-state index is 13.7. The number of carbonyl (C=O) groups is 2. The first-order valence-electron chi connectivity index (χ1n) is 19.2. The van der Waals surface area contributed by atoms with E-state index >= 15 is 0 Å². The zero-order chi connectivity index (χ0) is 37.3. The molecule has 280 valence electrons. The van der Waals surface area contributed by atoms with Gasteiger partial charge in [0.25, 0.3) is 8.32 Å². The molecule has 1 aromatic heterocycles. The number of carbonyl (C=O) groups excluding carboxylic acids is 2. The third kappa shape index (κ3) is 9.35. The summed E-state index contributed by atoms with van der Waals surface area (Å²) in [5.41, 5.74) is 0. The fraction of sp³-hybridized carbons (Fsp3) is 0.422. The molecular weight excluding hydrogens is 697 g/mol. The van der Waals surface area contributed by atoms with E-state index in [0.717, 1.165) is 36.1 Å². The number of hydrogen-bond donors (Lipinski definition) is 1. The number of ketones is 1. The van der Waals surface area contributed by atoms with Crippen molar-refractivity contribution in [3.05, 3.63) is 120 Å². The second-order valence-electron chi connectivity index (χ2n) is 15.2. The van der Waals surface area contributed by atoms with Crippen LogP contribution in [0.3, 0.4) is 0 Å². The summed E-state index contributed by atoms with van der Waals surface area (Å²) in [5, 5.41) is 2.72. The average Bonchev–Trinajstić information content (AvgIpc) is 3.75. The zero-order valence-electron chi connectivity index (χ0n) is 31.3. The SMILES string of the molecule is COC(=O)CCC/C=C\C[C@H]1C(=O)C[C@@H](OC2CCCCO2)[C@@H]1/C=C/[C@@H](CC(C)(C)[Si](O)(c1ccccc1)c1ccccc1)c1cc2ccccc2s1. The van der Waals surface area contributed by atoms with Crippen LogP contribution in [0.1, 0.15) is 82.4 Å². The number of rotatable bonds is 16. The summed E-state index contributed by atoms with van der Waals surface area (Å²) in [6, 6.07) is 31.2. The van der Waals surface area contributed by atoms with Gasteiger partial charge in [0.2, 0.25) is 0 Å². The van der Waals surface area contributed by atoms with E-state index in [-0.39, 0.29) is 41.9 Å². The van der Waals surface area contributed by atoms with E-state index in [0.29, 0.717) is 38.7 Å². The van der Waals surface area contributed by atoms with Crippen molar-refractivity contribution in [2.45, 2.75) is 95.0 Å². The van der Waals surface area contributed by atoms with Crippen molar-refractivity contribution >= 4 is 51.9 Å². The van der Waals surface area contributed by atoms with Crippen LogP contribution in [0.2, 0.25) is 5.04 Å². The molecule has 8 heteroatoms. The van der Waals surface area contributed by atoms with Crippen LogP contribution < -0.4 is 10.4 Å². The number of unbranched alkanes of at least 4 members (excludes halogenated alkanes) is 1. The molecule has 0 spiro atoms. The van der Waals surface area contributed by atoms with Gasteiger partial charge in [-0.1, -0.05) is 117 Å². The van der Waals surface area contributed by atoms with Crippen molar-refractivity contribution < 1.29 is 28.6 Å². The molecule has 2 heterocycles. The summed E-state index contributed by atoms with van der Waals surface area (Å²) in [5.74, 6) is -0.330. The van der Waals surface area contributed by atoms with Crippen LogP contribution >= 0.6 is 11.3 Å². The summed E-state index contributed by atoms with van der Waals surface area (Å²) in [4.78, 5) is 39.6. The molecule has 1 aliphatic heterocycles. The number of allylic oxidation sites excluding steroid dienone is 3. The fourth-order valence-electron chi connectivity index (χ4n) is 8.20. The fourth-order valence-corrected chi connectivity index (χ4v) is 13.1. The maximum Gasteiger partial charge on any atom is 0.305 e. The molecule has 6 rings (SSSR count). The quantitative estimate of drug-likeness (QED) is 0.0534. The third-order valence-electron chi connectivity index (χ3n) is 11.2. The largest absolute Gasteiger partial charge is 0.469 e. The van der Waals surface area contributed by atoms with Crippen molar-refractivity contribution in [3.8, 4) is 0 Å². The first-order chi connectivity index (χ1) is 25.7. The van der Waals surface area contributed by atoms with Gasteiger partial charge >= 0.3 is 5.97 Å². The minimum Gasteiger partial charge on any atom is -0.469 e. The molecule has 0 amide bonds. The number of methoxy groups -OCH3 is 1. The number of fused-ring (bicyclic) bond motifs is 1. The van der Waals surface area contributed by atoms with Gasteiger partial charge in [0, 0.05) is 46.8 Å². The van der Waals surface area contributed by atoms with Gasteiger partial charge in [0.05, 0.1) is 13.2 Å². The lowest BCUT2D eigenvalue weighted by Gasteiger charge is -2.42. The van der Waals surface area contributed by atoms with Crippen LogP contribution in [-0.2, 0) is 23.8 Å². The Morgan fingerprint density at radius 3 is 2.36 bits per heavy atom. The Morgan fingerprint density at radius 2 is 1.70 bits per heavy atom. The number of hydrogen-bond acceptors (Lipinski definition) is 7. The number of thiophene rings is 1. The molecule has 1 aliphatic carbocycles. The lowest BCUT2D eigenvalue weighted by molar-refractivity contribution is -0.192. The van der Waals surface area contributed by atoms with Crippen LogP contribution in [0.4, 0.5) is 0 Å². The van der Waals surface area contributed by atoms with E-state index in [4.69, 9.17) is 14.2 Å². The minimum atomic E-state index is -3.29. The van der Waals surface area contributed by atoms with Gasteiger partial charge in [-0.3, -0.25) is 9.59 Å². The van der Waals surface area contributed by atoms with Gasteiger partial charge in [0.1, 0.15) is 5.78 Å². The van der Waals surface area contributed by atoms with Gasteiger partial charge in [-0.25, -0.2) is 0 Å². The Kier molecular flexibility index (Phi) is 13.3. The average molecular weight is 751 g/mol. The number of ether oxygens (including phenoxy) is 3. The van der Waals surface area contributed by atoms with E-state index in [9.17, 15) is 14.4 Å². The predicted molar refractivity (Wildman–Crippen MR) is 217 cm³/mol. The highest BCUT2D eigenvalue weighted by Gasteiger charge is 2.51. The van der Waals surface area contributed by atoms with Crippen molar-refractivity contribution in [1.29, 1.82) is 0 Å². The summed E-state index contributed by atoms with van der Waals surface area (Å²) in [7, 11) is -1.88. The normalized spacial score (nSPS) is 21.8. The van der Waals surface area contributed by atoms with Crippen LogP contribution in [0.25, 0.3) is 10.1 Å². The third-order valence-corrected chi connectivity index (χ3v) is 16.9. The first kappa shape index (κ1) is 39.0. The minimum absolute atomic E-state index is 0.00866. The van der Waals surface area contributed by atoms with Gasteiger partial charge in [-0.15, -0.1) is 11.3 Å². The predicted octanol–water partition coefficient (Wildman–Crippen LogP) is 8.87. The van der Waals surface area contributed by atoms with Crippen molar-refractivity contribution in [3.63, 3.8) is 0 Å². The number of esters is 1. The monoisotopic (exact) mass is 750 g/mol. The highest BCUT2D eigenvalue weighted by Crippen LogP contribution is 2.47. The summed E-state index contributed by atoms with van der Waals surface area (Å²) in [6.07, 6.45) is 14.7. The molecule has 5 atom stereocenters.